The standard InChI is InChI=1S/C31H38O4Si.C24H22O5.CH4.S2.H2S/c1-23-28(35-36(5,6)30(2,3)4)27(34-29(23)32)22-33-31(24-16-10-7-11-17-24,25-18-12-8-13-19-25)26-20-14-9-15-21-26;25-21-20(29-23(27)22(21)26)16-28-24(17-10-4-1-5-11-17,18-12-6-2-7-13-18)19-14-8-3-9-15-19;;1-2;/h7-21,23,27-28H,22H2,1-6H3;1-15,20-22,25-26H,16H2;1H4;;1H2/t23-,27-,28+;20-,21-,22-;;;/m11.../s1. The molecule has 0 amide bonds. The molecule has 2 aliphatic rings. The Kier molecular flexibility index (Phi) is 20.7. The molecule has 366 valence electrons. The van der Waals surface area contributed by atoms with E-state index < -0.39 is 49.9 Å². The van der Waals surface area contributed by atoms with E-state index in [0.29, 0.717) is 0 Å². The highest BCUT2D eigenvalue weighted by molar-refractivity contribution is 8.07. The molecule has 0 saturated carbocycles. The van der Waals surface area contributed by atoms with Crippen molar-refractivity contribution >= 4 is 56.1 Å². The van der Waals surface area contributed by atoms with Crippen molar-refractivity contribution in [3.63, 3.8) is 0 Å². The smallest absolute Gasteiger partial charge is 0.338 e. The van der Waals surface area contributed by atoms with E-state index in [1.807, 2.05) is 153 Å². The quantitative estimate of drug-likeness (QED) is 0.0617. The molecule has 0 aromatic heterocycles. The maximum Gasteiger partial charge on any atom is 0.338 e. The van der Waals surface area contributed by atoms with Gasteiger partial charge in [0.15, 0.2) is 26.6 Å². The molecule has 6 aromatic carbocycles. The Morgan fingerprint density at radius 1 is 0.522 bits per heavy atom. The zero-order valence-corrected chi connectivity index (χ0v) is 42.9. The number of aliphatic hydroxyl groups is 2. The number of hydrogen-bond donors (Lipinski definition) is 2. The summed E-state index contributed by atoms with van der Waals surface area (Å²) < 4.78 is 31.2. The molecule has 0 spiro atoms. The van der Waals surface area contributed by atoms with Crippen molar-refractivity contribution in [1.82, 2.24) is 0 Å². The van der Waals surface area contributed by atoms with Gasteiger partial charge >= 0.3 is 11.9 Å². The third-order valence-corrected chi connectivity index (χ3v) is 17.4. The second-order valence-electron chi connectivity index (χ2n) is 18.2. The van der Waals surface area contributed by atoms with E-state index in [0.717, 1.165) is 33.4 Å². The van der Waals surface area contributed by atoms with Gasteiger partial charge in [-0.3, -0.25) is 4.79 Å². The van der Waals surface area contributed by atoms with E-state index in [-0.39, 0.29) is 57.2 Å². The third kappa shape index (κ3) is 12.5. The molecule has 2 N–H and O–H groups in total. The molecular weight excluding hydrogens is 941 g/mol. The van der Waals surface area contributed by atoms with Crippen LogP contribution >= 0.6 is 13.5 Å². The van der Waals surface area contributed by atoms with Crippen LogP contribution in [0.5, 0.6) is 0 Å². The molecule has 0 radical (unpaired) electrons. The van der Waals surface area contributed by atoms with Crippen LogP contribution in [0.3, 0.4) is 0 Å². The lowest BCUT2D eigenvalue weighted by molar-refractivity contribution is -0.150. The molecule has 2 heterocycles. The lowest BCUT2D eigenvalue weighted by atomic mass is 9.80. The highest BCUT2D eigenvalue weighted by Crippen LogP contribution is 2.44. The fraction of sp³-hybridized carbons (Fsp3) is 0.321. The van der Waals surface area contributed by atoms with Gasteiger partial charge in [0, 0.05) is 22.4 Å². The van der Waals surface area contributed by atoms with Crippen molar-refractivity contribution < 1.29 is 43.2 Å². The molecule has 13 heteroatoms. The van der Waals surface area contributed by atoms with Gasteiger partial charge in [0.05, 0.1) is 25.2 Å². The van der Waals surface area contributed by atoms with E-state index in [1.54, 1.807) is 0 Å². The van der Waals surface area contributed by atoms with Crippen LogP contribution in [-0.4, -0.2) is 74.2 Å². The molecule has 9 nitrogen and oxygen atoms in total. The highest BCUT2D eigenvalue weighted by atomic mass is 32.8. The first kappa shape index (κ1) is 56.7. The lowest BCUT2D eigenvalue weighted by Gasteiger charge is -2.41. The van der Waals surface area contributed by atoms with E-state index in [1.165, 1.54) is 0 Å². The minimum atomic E-state index is -2.14. The van der Waals surface area contributed by atoms with Gasteiger partial charge in [-0.15, -0.1) is 0 Å². The fourth-order valence-corrected chi connectivity index (χ4v) is 9.71. The second-order valence-corrected chi connectivity index (χ2v) is 23.0. The van der Waals surface area contributed by atoms with Crippen LogP contribution in [0, 0.1) is 5.92 Å². The molecule has 2 saturated heterocycles. The summed E-state index contributed by atoms with van der Waals surface area (Å²) in [4.78, 5) is 24.4. The number of aliphatic hydroxyl groups excluding tert-OH is 2. The molecule has 2 aliphatic heterocycles. The Hall–Kier alpha value is -4.93. The Balaban J connectivity index is 0.000000288. The van der Waals surface area contributed by atoms with E-state index in [4.69, 9.17) is 23.4 Å². The predicted molar refractivity (Wildman–Crippen MR) is 285 cm³/mol. The molecule has 8 rings (SSSR count). The van der Waals surface area contributed by atoms with Crippen LogP contribution < -0.4 is 0 Å². The van der Waals surface area contributed by atoms with Crippen molar-refractivity contribution in [2.75, 3.05) is 13.2 Å². The largest absolute Gasteiger partial charge is 0.457 e. The predicted octanol–water partition coefficient (Wildman–Crippen LogP) is 10.3. The minimum absolute atomic E-state index is 0. The van der Waals surface area contributed by atoms with Crippen molar-refractivity contribution in [3.8, 4) is 0 Å². The Morgan fingerprint density at radius 2 is 0.797 bits per heavy atom. The van der Waals surface area contributed by atoms with Crippen molar-refractivity contribution in [2.45, 2.75) is 95.0 Å². The minimum Gasteiger partial charge on any atom is -0.457 e. The summed E-state index contributed by atoms with van der Waals surface area (Å²) in [5.74, 6) is -1.40. The summed E-state index contributed by atoms with van der Waals surface area (Å²) >= 11 is 7.33. The first-order chi connectivity index (χ1) is 32.2. The van der Waals surface area contributed by atoms with Gasteiger partial charge in [-0.25, -0.2) is 4.79 Å². The molecule has 2 fully saturated rings. The topological polar surface area (TPSA) is 121 Å². The Bertz CT molecular complexity index is 2270. The zero-order chi connectivity index (χ0) is 48.2. The average molecular weight is 1010 g/mol. The summed E-state index contributed by atoms with van der Waals surface area (Å²) in [5.41, 5.74) is 3.89. The molecule has 69 heavy (non-hydrogen) atoms. The van der Waals surface area contributed by atoms with Gasteiger partial charge in [-0.05, 0) is 58.4 Å². The maximum absolute atomic E-state index is 12.7. The summed E-state index contributed by atoms with van der Waals surface area (Å²) in [5, 5.41) is 19.9. The van der Waals surface area contributed by atoms with Crippen molar-refractivity contribution in [3.05, 3.63) is 215 Å². The van der Waals surface area contributed by atoms with Crippen LogP contribution in [-0.2, 0) is 66.5 Å². The first-order valence-corrected chi connectivity index (χ1v) is 26.7. The molecule has 0 unspecified atom stereocenters. The molecule has 6 aromatic rings. The number of benzene rings is 6. The molecular formula is C56H66O9S3Si. The number of carbonyl (C=O) groups is 2. The van der Waals surface area contributed by atoms with Gasteiger partial charge in [-0.1, -0.05) is 210 Å². The van der Waals surface area contributed by atoms with Crippen LogP contribution in [0.25, 0.3) is 0 Å². The summed E-state index contributed by atoms with van der Waals surface area (Å²) in [6.45, 7) is 13.1. The normalized spacial score (nSPS) is 20.1. The number of esters is 2. The number of rotatable bonds is 14. The van der Waals surface area contributed by atoms with Crippen molar-refractivity contribution in [1.29, 1.82) is 0 Å². The maximum atomic E-state index is 12.7. The van der Waals surface area contributed by atoms with Crippen LogP contribution in [0.15, 0.2) is 182 Å². The summed E-state index contributed by atoms with van der Waals surface area (Å²) in [7, 11) is -2.14. The van der Waals surface area contributed by atoms with E-state index in [9.17, 15) is 19.8 Å². The van der Waals surface area contributed by atoms with Crippen LogP contribution in [0.2, 0.25) is 18.1 Å². The lowest BCUT2D eigenvalue weighted by Crippen LogP contribution is -2.48. The summed E-state index contributed by atoms with van der Waals surface area (Å²) in [6, 6.07) is 60.0. The molecule has 0 bridgehead atoms. The average Bonchev–Trinajstić information content (AvgIpc) is 3.77. The Labute approximate surface area is 426 Å². The highest BCUT2D eigenvalue weighted by Gasteiger charge is 2.50. The van der Waals surface area contributed by atoms with Crippen molar-refractivity contribution in [2.24, 2.45) is 5.92 Å². The van der Waals surface area contributed by atoms with Gasteiger partial charge in [0.25, 0.3) is 0 Å². The Morgan fingerprint density at radius 3 is 1.06 bits per heavy atom. The van der Waals surface area contributed by atoms with E-state index >= 15 is 0 Å². The van der Waals surface area contributed by atoms with Gasteiger partial charge < -0.3 is 33.6 Å². The molecule has 6 atom stereocenters. The zero-order valence-electron chi connectivity index (χ0n) is 39.3. The monoisotopic (exact) mass is 1010 g/mol. The van der Waals surface area contributed by atoms with Crippen LogP contribution in [0.4, 0.5) is 0 Å². The number of ether oxygens (including phenoxy) is 4. The molecule has 0 aliphatic carbocycles. The van der Waals surface area contributed by atoms with Gasteiger partial charge in [-0.2, -0.15) is 13.5 Å². The second kappa shape index (κ2) is 25.3. The number of carbonyl (C=O) groups excluding carboxylic acids is 2. The first-order valence-electron chi connectivity index (χ1n) is 22.4. The fourth-order valence-electron chi connectivity index (χ4n) is 8.32. The number of cyclic esters (lactones) is 2. The van der Waals surface area contributed by atoms with Gasteiger partial charge in [0.1, 0.15) is 17.3 Å². The van der Waals surface area contributed by atoms with Gasteiger partial charge in [0.2, 0.25) is 0 Å². The third-order valence-electron chi connectivity index (χ3n) is 13.0. The summed E-state index contributed by atoms with van der Waals surface area (Å²) in [6.07, 6.45) is -4.67. The van der Waals surface area contributed by atoms with Crippen LogP contribution in [0.1, 0.15) is 68.5 Å². The number of hydrogen-bond acceptors (Lipinski definition) is 11. The van der Waals surface area contributed by atoms with E-state index in [2.05, 4.69) is 92.6 Å². The SMILES string of the molecule is C.C[C@H]1C(=O)O[C@H](COC(c2ccccc2)(c2ccccc2)c2ccccc2)[C@H]1O[Si](C)(C)C(C)(C)C.O=C1O[C@H](COC(c2ccccc2)(c2ccccc2)c2ccccc2)[C@@H](O)[C@H]1O.S.S=S.